The van der Waals surface area contributed by atoms with E-state index in [2.05, 4.69) is 6.92 Å². The molecule has 0 fully saturated rings. The molecular weight excluding hydrogens is 144 g/mol. The molecule has 1 rings (SSSR count). The summed E-state index contributed by atoms with van der Waals surface area (Å²) < 4.78 is 9.92. The topological polar surface area (TPSA) is 35.5 Å². The normalized spacial score (nSPS) is 22.3. The van der Waals surface area contributed by atoms with Gasteiger partial charge in [0.05, 0.1) is 6.61 Å². The highest BCUT2D eigenvalue weighted by atomic mass is 16.7. The molecule has 0 aliphatic carbocycles. The highest BCUT2D eigenvalue weighted by Gasteiger charge is 2.15. The molecule has 3 heteroatoms. The van der Waals surface area contributed by atoms with Crippen LogP contribution in [0.5, 0.6) is 0 Å². The van der Waals surface area contributed by atoms with Crippen molar-refractivity contribution in [2.24, 2.45) is 0 Å². The molecule has 1 aliphatic heterocycles. The molecule has 0 aromatic carbocycles. The summed E-state index contributed by atoms with van der Waals surface area (Å²) in [5.41, 5.74) is 0. The third kappa shape index (κ3) is 2.72. The molecule has 1 heterocycles. The molecular formula is C8H12O3. The Morgan fingerprint density at radius 3 is 3.09 bits per heavy atom. The van der Waals surface area contributed by atoms with Gasteiger partial charge in [0.1, 0.15) is 0 Å². The van der Waals surface area contributed by atoms with Gasteiger partial charge in [-0.15, -0.1) is 0 Å². The molecule has 1 atom stereocenters. The minimum atomic E-state index is -0.436. The molecule has 62 valence electrons. The maximum absolute atomic E-state index is 10.5. The lowest BCUT2D eigenvalue weighted by atomic mass is 10.4. The third-order valence-electron chi connectivity index (χ3n) is 1.40. The number of unbranched alkanes of at least 4 members (excludes halogenated alkanes) is 1. The van der Waals surface area contributed by atoms with Crippen molar-refractivity contribution < 1.29 is 14.3 Å². The van der Waals surface area contributed by atoms with Crippen molar-refractivity contribution in [2.75, 3.05) is 6.61 Å². The smallest absolute Gasteiger partial charge is 0.333 e. The first kappa shape index (κ1) is 8.27. The number of rotatable bonds is 4. The van der Waals surface area contributed by atoms with Gasteiger partial charge in [0.2, 0.25) is 6.29 Å². The average molecular weight is 156 g/mol. The molecule has 1 unspecified atom stereocenters. The first-order chi connectivity index (χ1) is 5.33. The highest BCUT2D eigenvalue weighted by Crippen LogP contribution is 2.06. The lowest BCUT2D eigenvalue weighted by Gasteiger charge is -2.08. The zero-order valence-corrected chi connectivity index (χ0v) is 6.58. The Balaban J connectivity index is 2.09. The summed E-state index contributed by atoms with van der Waals surface area (Å²) in [5, 5.41) is 0. The quantitative estimate of drug-likeness (QED) is 0.454. The van der Waals surface area contributed by atoms with Crippen LogP contribution in [0.2, 0.25) is 0 Å². The summed E-state index contributed by atoms with van der Waals surface area (Å²) in [6.07, 6.45) is 4.66. The zero-order chi connectivity index (χ0) is 8.10. The molecule has 0 saturated heterocycles. The summed E-state index contributed by atoms with van der Waals surface area (Å²) in [5.74, 6) is -0.313. The Labute approximate surface area is 66.0 Å². The number of hydrogen-bond acceptors (Lipinski definition) is 3. The van der Waals surface area contributed by atoms with Gasteiger partial charge in [-0.25, -0.2) is 4.79 Å². The van der Waals surface area contributed by atoms with E-state index in [1.807, 2.05) is 0 Å². The lowest BCUT2D eigenvalue weighted by Crippen LogP contribution is -2.12. The Kier molecular flexibility index (Phi) is 3.11. The van der Waals surface area contributed by atoms with Gasteiger partial charge >= 0.3 is 5.97 Å². The van der Waals surface area contributed by atoms with E-state index in [4.69, 9.17) is 9.47 Å². The van der Waals surface area contributed by atoms with Crippen molar-refractivity contribution in [1.82, 2.24) is 0 Å². The molecule has 0 bridgehead atoms. The van der Waals surface area contributed by atoms with Crippen LogP contribution in [-0.2, 0) is 14.3 Å². The zero-order valence-electron chi connectivity index (χ0n) is 6.58. The second kappa shape index (κ2) is 4.13. The third-order valence-corrected chi connectivity index (χ3v) is 1.40. The minimum Gasteiger partial charge on any atom is -0.429 e. The molecule has 0 aromatic rings. The van der Waals surface area contributed by atoms with Crippen molar-refractivity contribution in [1.29, 1.82) is 0 Å². The molecule has 1 aliphatic rings. The molecule has 0 radical (unpaired) electrons. The Bertz CT molecular complexity index is 163. The van der Waals surface area contributed by atoms with Gasteiger partial charge in [0.15, 0.2) is 0 Å². The van der Waals surface area contributed by atoms with E-state index in [0.717, 1.165) is 12.8 Å². The first-order valence-corrected chi connectivity index (χ1v) is 3.83. The van der Waals surface area contributed by atoms with Crippen molar-refractivity contribution >= 4 is 5.97 Å². The van der Waals surface area contributed by atoms with Gasteiger partial charge in [-0.2, -0.15) is 0 Å². The monoisotopic (exact) mass is 156 g/mol. The van der Waals surface area contributed by atoms with Gasteiger partial charge < -0.3 is 9.47 Å². The number of carbonyl (C=O) groups excluding carboxylic acids is 1. The van der Waals surface area contributed by atoms with E-state index in [1.54, 1.807) is 6.08 Å². The minimum absolute atomic E-state index is 0.313. The fraction of sp³-hybridized carbons (Fsp3) is 0.625. The van der Waals surface area contributed by atoms with E-state index in [1.165, 1.54) is 6.08 Å². The van der Waals surface area contributed by atoms with Crippen LogP contribution >= 0.6 is 0 Å². The van der Waals surface area contributed by atoms with Crippen LogP contribution in [0.15, 0.2) is 12.2 Å². The fourth-order valence-corrected chi connectivity index (χ4v) is 0.784. The number of cyclic esters (lactones) is 1. The molecule has 0 saturated carbocycles. The van der Waals surface area contributed by atoms with Gasteiger partial charge in [-0.3, -0.25) is 0 Å². The van der Waals surface area contributed by atoms with E-state index >= 15 is 0 Å². The van der Waals surface area contributed by atoms with Crippen LogP contribution in [-0.4, -0.2) is 18.9 Å². The summed E-state index contributed by atoms with van der Waals surface area (Å²) in [4.78, 5) is 10.5. The first-order valence-electron chi connectivity index (χ1n) is 3.83. The number of ether oxygens (including phenoxy) is 2. The average Bonchev–Trinajstić information content (AvgIpc) is 2.37. The molecule has 0 spiro atoms. The molecule has 0 amide bonds. The van der Waals surface area contributed by atoms with Crippen LogP contribution in [0.25, 0.3) is 0 Å². The number of carbonyl (C=O) groups is 1. The lowest BCUT2D eigenvalue weighted by molar-refractivity contribution is -0.158. The largest absolute Gasteiger partial charge is 0.429 e. The Morgan fingerprint density at radius 2 is 2.55 bits per heavy atom. The number of esters is 1. The van der Waals surface area contributed by atoms with E-state index < -0.39 is 6.29 Å². The second-order valence-corrected chi connectivity index (χ2v) is 2.39. The van der Waals surface area contributed by atoms with Crippen molar-refractivity contribution in [2.45, 2.75) is 26.1 Å². The molecule has 0 aromatic heterocycles. The predicted octanol–water partition coefficient (Wildman–Crippen LogP) is 1.24. The Hall–Kier alpha value is -0.830. The SMILES string of the molecule is CCCCOC1C=CC(=O)O1. The summed E-state index contributed by atoms with van der Waals surface area (Å²) in [6.45, 7) is 2.73. The van der Waals surface area contributed by atoms with Crippen molar-refractivity contribution in [3.63, 3.8) is 0 Å². The summed E-state index contributed by atoms with van der Waals surface area (Å²) in [6, 6.07) is 0. The van der Waals surface area contributed by atoms with Gasteiger partial charge in [-0.05, 0) is 12.5 Å². The van der Waals surface area contributed by atoms with Gasteiger partial charge in [0, 0.05) is 6.08 Å². The van der Waals surface area contributed by atoms with Crippen LogP contribution in [0.3, 0.4) is 0 Å². The van der Waals surface area contributed by atoms with Crippen LogP contribution in [0, 0.1) is 0 Å². The van der Waals surface area contributed by atoms with Crippen molar-refractivity contribution in [3.05, 3.63) is 12.2 Å². The maximum atomic E-state index is 10.5. The molecule has 0 N–H and O–H groups in total. The van der Waals surface area contributed by atoms with E-state index in [0.29, 0.717) is 6.61 Å². The maximum Gasteiger partial charge on any atom is 0.333 e. The van der Waals surface area contributed by atoms with E-state index in [9.17, 15) is 4.79 Å². The summed E-state index contributed by atoms with van der Waals surface area (Å²) >= 11 is 0. The standard InChI is InChI=1S/C8H12O3/c1-2-3-6-10-8-5-4-7(9)11-8/h4-5,8H,2-3,6H2,1H3. The van der Waals surface area contributed by atoms with Crippen molar-refractivity contribution in [3.8, 4) is 0 Å². The fourth-order valence-electron chi connectivity index (χ4n) is 0.784. The highest BCUT2D eigenvalue weighted by molar-refractivity contribution is 5.84. The Morgan fingerprint density at radius 1 is 1.73 bits per heavy atom. The number of hydrogen-bond donors (Lipinski definition) is 0. The molecule has 3 nitrogen and oxygen atoms in total. The van der Waals surface area contributed by atoms with Crippen LogP contribution in [0.1, 0.15) is 19.8 Å². The van der Waals surface area contributed by atoms with Crippen LogP contribution in [0.4, 0.5) is 0 Å². The van der Waals surface area contributed by atoms with Crippen LogP contribution < -0.4 is 0 Å². The van der Waals surface area contributed by atoms with Gasteiger partial charge in [-0.1, -0.05) is 13.3 Å². The second-order valence-electron chi connectivity index (χ2n) is 2.39. The van der Waals surface area contributed by atoms with E-state index in [-0.39, 0.29) is 5.97 Å². The van der Waals surface area contributed by atoms with Gasteiger partial charge in [0.25, 0.3) is 0 Å². The molecule has 11 heavy (non-hydrogen) atoms. The predicted molar refractivity (Wildman–Crippen MR) is 39.9 cm³/mol. The summed E-state index contributed by atoms with van der Waals surface area (Å²) in [7, 11) is 0.